The van der Waals surface area contributed by atoms with E-state index in [-0.39, 0.29) is 12.1 Å². The zero-order chi connectivity index (χ0) is 14.3. The standard InChI is InChI=1S/C18H24O2/c1-12-15-10-14(18(15,2)3)11-16(12)20-17(19)9-13-7-5-4-6-8-13/h4-8,12,14-16H,9-11H2,1-3H3/t12-,14+,15-,16-/m0/s1. The van der Waals surface area contributed by atoms with Crippen molar-refractivity contribution in [3.05, 3.63) is 35.9 Å². The Morgan fingerprint density at radius 3 is 2.55 bits per heavy atom. The summed E-state index contributed by atoms with van der Waals surface area (Å²) >= 11 is 0. The van der Waals surface area contributed by atoms with Gasteiger partial charge in [-0.05, 0) is 41.6 Å². The Morgan fingerprint density at radius 1 is 1.25 bits per heavy atom. The Morgan fingerprint density at radius 2 is 1.95 bits per heavy atom. The molecule has 3 saturated carbocycles. The van der Waals surface area contributed by atoms with E-state index in [1.165, 1.54) is 6.42 Å². The summed E-state index contributed by atoms with van der Waals surface area (Å²) in [6, 6.07) is 9.85. The van der Waals surface area contributed by atoms with Crippen molar-refractivity contribution in [1.82, 2.24) is 0 Å². The van der Waals surface area contributed by atoms with Gasteiger partial charge in [0.25, 0.3) is 0 Å². The van der Waals surface area contributed by atoms with Crippen LogP contribution in [0.4, 0.5) is 0 Å². The zero-order valence-electron chi connectivity index (χ0n) is 12.6. The summed E-state index contributed by atoms with van der Waals surface area (Å²) in [5.74, 6) is 1.87. The van der Waals surface area contributed by atoms with E-state index < -0.39 is 0 Å². The number of ether oxygens (including phenoxy) is 1. The first kappa shape index (κ1) is 13.7. The number of carbonyl (C=O) groups excluding carboxylic acids is 1. The summed E-state index contributed by atoms with van der Waals surface area (Å²) in [6.07, 6.45) is 2.89. The van der Waals surface area contributed by atoms with Crippen LogP contribution in [0.15, 0.2) is 30.3 Å². The van der Waals surface area contributed by atoms with E-state index in [0.29, 0.717) is 17.8 Å². The molecule has 0 aliphatic heterocycles. The minimum atomic E-state index is -0.0767. The lowest BCUT2D eigenvalue weighted by Gasteiger charge is -2.61. The van der Waals surface area contributed by atoms with Gasteiger partial charge in [-0.2, -0.15) is 0 Å². The molecule has 2 nitrogen and oxygen atoms in total. The molecule has 2 bridgehead atoms. The molecule has 1 aromatic carbocycles. The van der Waals surface area contributed by atoms with Crippen molar-refractivity contribution in [3.8, 4) is 0 Å². The highest BCUT2D eigenvalue weighted by molar-refractivity contribution is 5.72. The van der Waals surface area contributed by atoms with Gasteiger partial charge in [-0.15, -0.1) is 0 Å². The minimum absolute atomic E-state index is 0.0767. The van der Waals surface area contributed by atoms with Crippen molar-refractivity contribution in [2.24, 2.45) is 23.2 Å². The second kappa shape index (κ2) is 4.91. The molecule has 0 amide bonds. The Bertz CT molecular complexity index is 491. The maximum Gasteiger partial charge on any atom is 0.310 e. The van der Waals surface area contributed by atoms with E-state index >= 15 is 0 Å². The molecule has 0 saturated heterocycles. The molecule has 20 heavy (non-hydrogen) atoms. The van der Waals surface area contributed by atoms with Gasteiger partial charge in [-0.3, -0.25) is 4.79 Å². The largest absolute Gasteiger partial charge is 0.462 e. The van der Waals surface area contributed by atoms with E-state index in [1.807, 2.05) is 30.3 Å². The second-order valence-corrected chi connectivity index (χ2v) is 7.15. The van der Waals surface area contributed by atoms with Crippen LogP contribution in [0, 0.1) is 23.2 Å². The third kappa shape index (κ3) is 2.25. The number of benzene rings is 1. The van der Waals surface area contributed by atoms with E-state index in [2.05, 4.69) is 20.8 Å². The molecule has 3 fully saturated rings. The topological polar surface area (TPSA) is 26.3 Å². The zero-order valence-corrected chi connectivity index (χ0v) is 12.6. The van der Waals surface area contributed by atoms with Gasteiger partial charge in [0.1, 0.15) is 6.10 Å². The van der Waals surface area contributed by atoms with Crippen molar-refractivity contribution in [2.45, 2.75) is 46.1 Å². The van der Waals surface area contributed by atoms with Gasteiger partial charge in [0.15, 0.2) is 0 Å². The average Bonchev–Trinajstić information content (AvgIpc) is 2.41. The number of fused-ring (bicyclic) bond motifs is 2. The molecular weight excluding hydrogens is 248 g/mol. The molecule has 108 valence electrons. The molecule has 3 aliphatic rings. The van der Waals surface area contributed by atoms with E-state index in [4.69, 9.17) is 4.74 Å². The lowest BCUT2D eigenvalue weighted by atomic mass is 9.45. The maximum atomic E-state index is 12.1. The number of esters is 1. The van der Waals surface area contributed by atoms with Gasteiger partial charge in [0.05, 0.1) is 6.42 Å². The van der Waals surface area contributed by atoms with Crippen LogP contribution in [0.25, 0.3) is 0 Å². The Labute approximate surface area is 121 Å². The van der Waals surface area contributed by atoms with Gasteiger partial charge in [-0.25, -0.2) is 0 Å². The van der Waals surface area contributed by atoms with Crippen LogP contribution in [0.1, 0.15) is 39.2 Å². The molecule has 3 aliphatic carbocycles. The van der Waals surface area contributed by atoms with Crippen LogP contribution in [-0.2, 0) is 16.0 Å². The first-order chi connectivity index (χ1) is 9.48. The first-order valence-corrected chi connectivity index (χ1v) is 7.72. The number of hydrogen-bond acceptors (Lipinski definition) is 2. The van der Waals surface area contributed by atoms with E-state index in [9.17, 15) is 4.79 Å². The molecule has 2 heteroatoms. The van der Waals surface area contributed by atoms with Crippen LogP contribution < -0.4 is 0 Å². The first-order valence-electron chi connectivity index (χ1n) is 7.72. The summed E-state index contributed by atoms with van der Waals surface area (Å²) in [5, 5.41) is 0. The number of hydrogen-bond donors (Lipinski definition) is 0. The highest BCUT2D eigenvalue weighted by atomic mass is 16.5. The van der Waals surface area contributed by atoms with Crippen molar-refractivity contribution >= 4 is 5.97 Å². The van der Waals surface area contributed by atoms with Crippen molar-refractivity contribution in [2.75, 3.05) is 0 Å². The molecule has 0 radical (unpaired) electrons. The predicted octanol–water partition coefficient (Wildman–Crippen LogP) is 3.84. The van der Waals surface area contributed by atoms with Gasteiger partial charge < -0.3 is 4.74 Å². The van der Waals surface area contributed by atoms with Crippen LogP contribution in [0.2, 0.25) is 0 Å². The van der Waals surface area contributed by atoms with Gasteiger partial charge in [0.2, 0.25) is 0 Å². The smallest absolute Gasteiger partial charge is 0.310 e. The SMILES string of the molecule is C[C@@H]1[C@@H](OC(=O)Cc2ccccc2)C[C@H]2C[C@@H]1C2(C)C. The fourth-order valence-corrected chi connectivity index (χ4v) is 4.23. The highest BCUT2D eigenvalue weighted by Crippen LogP contribution is 2.61. The van der Waals surface area contributed by atoms with Crippen LogP contribution >= 0.6 is 0 Å². The van der Waals surface area contributed by atoms with Gasteiger partial charge in [0, 0.05) is 0 Å². The quantitative estimate of drug-likeness (QED) is 0.781. The summed E-state index contributed by atoms with van der Waals surface area (Å²) in [5.41, 5.74) is 1.48. The normalized spacial score (nSPS) is 34.1. The van der Waals surface area contributed by atoms with Crippen molar-refractivity contribution < 1.29 is 9.53 Å². The van der Waals surface area contributed by atoms with Crippen LogP contribution in [0.3, 0.4) is 0 Å². The maximum absolute atomic E-state index is 12.1. The molecule has 0 unspecified atom stereocenters. The summed E-state index contributed by atoms with van der Waals surface area (Å²) in [6.45, 7) is 6.98. The minimum Gasteiger partial charge on any atom is -0.462 e. The molecule has 0 spiro atoms. The lowest BCUT2D eigenvalue weighted by molar-refractivity contribution is -0.185. The van der Waals surface area contributed by atoms with Crippen molar-refractivity contribution in [1.29, 1.82) is 0 Å². The predicted molar refractivity (Wildman–Crippen MR) is 79.2 cm³/mol. The van der Waals surface area contributed by atoms with Gasteiger partial charge >= 0.3 is 5.97 Å². The number of rotatable bonds is 3. The Hall–Kier alpha value is -1.31. The van der Waals surface area contributed by atoms with E-state index in [1.54, 1.807) is 0 Å². The van der Waals surface area contributed by atoms with Crippen LogP contribution in [-0.4, -0.2) is 12.1 Å². The molecule has 0 aromatic heterocycles. The third-order valence-corrected chi connectivity index (χ3v) is 5.76. The molecule has 0 heterocycles. The summed E-state index contributed by atoms with van der Waals surface area (Å²) < 4.78 is 5.76. The monoisotopic (exact) mass is 272 g/mol. The summed E-state index contributed by atoms with van der Waals surface area (Å²) in [7, 11) is 0. The molecule has 4 atom stereocenters. The summed E-state index contributed by atoms with van der Waals surface area (Å²) in [4.78, 5) is 12.1. The molecular formula is C18H24O2. The Balaban J connectivity index is 1.58. The lowest BCUT2D eigenvalue weighted by Crippen LogP contribution is -2.57. The highest BCUT2D eigenvalue weighted by Gasteiger charge is 2.57. The fraction of sp³-hybridized carbons (Fsp3) is 0.611. The fourth-order valence-electron chi connectivity index (χ4n) is 4.23. The number of carbonyl (C=O) groups is 1. The molecule has 4 rings (SSSR count). The average molecular weight is 272 g/mol. The second-order valence-electron chi connectivity index (χ2n) is 7.15. The van der Waals surface area contributed by atoms with Gasteiger partial charge in [-0.1, -0.05) is 51.1 Å². The molecule has 0 N–H and O–H groups in total. The van der Waals surface area contributed by atoms with E-state index in [0.717, 1.165) is 23.8 Å². The van der Waals surface area contributed by atoms with Crippen LogP contribution in [0.5, 0.6) is 0 Å². The third-order valence-electron chi connectivity index (χ3n) is 5.76. The molecule has 1 aromatic rings. The van der Waals surface area contributed by atoms with Crippen molar-refractivity contribution in [3.63, 3.8) is 0 Å². The Kier molecular flexibility index (Phi) is 3.35.